The van der Waals surface area contributed by atoms with Gasteiger partial charge < -0.3 is 5.11 Å². The summed E-state index contributed by atoms with van der Waals surface area (Å²) in [6.07, 6.45) is 8.25. The van der Waals surface area contributed by atoms with E-state index in [-0.39, 0.29) is 0 Å². The van der Waals surface area contributed by atoms with Crippen molar-refractivity contribution in [2.75, 3.05) is 0 Å². The van der Waals surface area contributed by atoms with Gasteiger partial charge in [0.2, 0.25) is 0 Å². The van der Waals surface area contributed by atoms with Gasteiger partial charge in [-0.2, -0.15) is 0 Å². The van der Waals surface area contributed by atoms with E-state index in [1.165, 1.54) is 19.3 Å². The lowest BCUT2D eigenvalue weighted by molar-refractivity contribution is -0.0138. The predicted molar refractivity (Wildman–Crippen MR) is 52.0 cm³/mol. The topological polar surface area (TPSA) is 20.2 Å². The summed E-state index contributed by atoms with van der Waals surface area (Å²) in [5.41, 5.74) is -0.416. The molecule has 1 rings (SSSR count). The quantitative estimate of drug-likeness (QED) is 0.642. The maximum absolute atomic E-state index is 10.1. The zero-order valence-corrected chi connectivity index (χ0v) is 8.05. The molecule has 1 nitrogen and oxygen atoms in total. The molecule has 70 valence electrons. The van der Waals surface area contributed by atoms with Crippen LogP contribution in [0.3, 0.4) is 0 Å². The summed E-state index contributed by atoms with van der Waals surface area (Å²) in [7, 11) is 0. The third kappa shape index (κ3) is 2.34. The molecule has 1 aliphatic rings. The third-order valence-corrected chi connectivity index (χ3v) is 3.02. The van der Waals surface area contributed by atoms with Gasteiger partial charge in [-0.1, -0.05) is 32.3 Å². The van der Waals surface area contributed by atoms with Gasteiger partial charge in [0, 0.05) is 0 Å². The molecule has 0 aromatic carbocycles. The number of aliphatic hydroxyl groups is 1. The van der Waals surface area contributed by atoms with E-state index in [0.717, 1.165) is 25.2 Å². The lowest BCUT2D eigenvalue weighted by atomic mass is 9.75. The standard InChI is InChI=1S/C11H20O/c1-3-7-11(12)8-5-6-10(4-2)9-11/h3,10,12H,1,4-9H2,2H3. The molecule has 0 aromatic rings. The molecule has 2 atom stereocenters. The Hall–Kier alpha value is -0.300. The van der Waals surface area contributed by atoms with Crippen LogP contribution in [0.2, 0.25) is 0 Å². The first-order valence-electron chi connectivity index (χ1n) is 5.03. The van der Waals surface area contributed by atoms with E-state index in [0.29, 0.717) is 0 Å². The van der Waals surface area contributed by atoms with Gasteiger partial charge >= 0.3 is 0 Å². The van der Waals surface area contributed by atoms with E-state index in [9.17, 15) is 5.11 Å². The second-order valence-electron chi connectivity index (χ2n) is 4.09. The fourth-order valence-electron chi connectivity index (χ4n) is 2.26. The summed E-state index contributed by atoms with van der Waals surface area (Å²) in [6.45, 7) is 5.90. The highest BCUT2D eigenvalue weighted by molar-refractivity contribution is 4.91. The van der Waals surface area contributed by atoms with Crippen molar-refractivity contribution >= 4 is 0 Å². The fourth-order valence-corrected chi connectivity index (χ4v) is 2.26. The van der Waals surface area contributed by atoms with Crippen LogP contribution in [0.5, 0.6) is 0 Å². The first-order chi connectivity index (χ1) is 5.70. The Morgan fingerprint density at radius 1 is 1.67 bits per heavy atom. The van der Waals surface area contributed by atoms with Crippen molar-refractivity contribution in [1.29, 1.82) is 0 Å². The summed E-state index contributed by atoms with van der Waals surface area (Å²) in [4.78, 5) is 0. The van der Waals surface area contributed by atoms with Crippen LogP contribution in [0.15, 0.2) is 12.7 Å². The monoisotopic (exact) mass is 168 g/mol. The van der Waals surface area contributed by atoms with Crippen molar-refractivity contribution in [3.8, 4) is 0 Å². The molecule has 0 radical (unpaired) electrons. The second kappa shape index (κ2) is 4.08. The van der Waals surface area contributed by atoms with Crippen molar-refractivity contribution < 1.29 is 5.11 Å². The first kappa shape index (κ1) is 9.79. The smallest absolute Gasteiger partial charge is 0.0684 e. The maximum atomic E-state index is 10.1. The lowest BCUT2D eigenvalue weighted by Crippen LogP contribution is -2.34. The zero-order chi connectivity index (χ0) is 9.03. The molecule has 12 heavy (non-hydrogen) atoms. The van der Waals surface area contributed by atoms with Crippen molar-refractivity contribution in [2.24, 2.45) is 5.92 Å². The van der Waals surface area contributed by atoms with Gasteiger partial charge in [-0.15, -0.1) is 6.58 Å². The highest BCUT2D eigenvalue weighted by atomic mass is 16.3. The predicted octanol–water partition coefficient (Wildman–Crippen LogP) is 2.89. The molecule has 1 aliphatic carbocycles. The SMILES string of the molecule is C=CCC1(O)CCCC(CC)C1. The highest BCUT2D eigenvalue weighted by Gasteiger charge is 2.31. The van der Waals surface area contributed by atoms with Crippen LogP contribution in [0, 0.1) is 5.92 Å². The summed E-state index contributed by atoms with van der Waals surface area (Å²) < 4.78 is 0. The molecule has 0 spiro atoms. The number of hydrogen-bond acceptors (Lipinski definition) is 1. The van der Waals surface area contributed by atoms with Crippen LogP contribution >= 0.6 is 0 Å². The first-order valence-corrected chi connectivity index (χ1v) is 5.03. The lowest BCUT2D eigenvalue weighted by Gasteiger charge is -2.35. The van der Waals surface area contributed by atoms with Gasteiger partial charge in [-0.05, 0) is 25.2 Å². The van der Waals surface area contributed by atoms with Gasteiger partial charge in [-0.25, -0.2) is 0 Å². The van der Waals surface area contributed by atoms with Crippen molar-refractivity contribution in [3.05, 3.63) is 12.7 Å². The molecule has 0 aromatic heterocycles. The van der Waals surface area contributed by atoms with E-state index < -0.39 is 5.60 Å². The molecular formula is C11H20O. The van der Waals surface area contributed by atoms with E-state index >= 15 is 0 Å². The Kier molecular flexibility index (Phi) is 3.33. The molecule has 1 heteroatoms. The van der Waals surface area contributed by atoms with Crippen molar-refractivity contribution in [3.63, 3.8) is 0 Å². The van der Waals surface area contributed by atoms with Crippen molar-refractivity contribution in [1.82, 2.24) is 0 Å². The van der Waals surface area contributed by atoms with Crippen LogP contribution in [-0.4, -0.2) is 10.7 Å². The average molecular weight is 168 g/mol. The van der Waals surface area contributed by atoms with Crippen LogP contribution in [0.1, 0.15) is 45.4 Å². The minimum atomic E-state index is -0.416. The second-order valence-corrected chi connectivity index (χ2v) is 4.09. The van der Waals surface area contributed by atoms with Crippen LogP contribution in [0.25, 0.3) is 0 Å². The number of hydrogen-bond donors (Lipinski definition) is 1. The summed E-state index contributed by atoms with van der Waals surface area (Å²) in [6, 6.07) is 0. The summed E-state index contributed by atoms with van der Waals surface area (Å²) in [5.74, 6) is 0.740. The normalized spacial score (nSPS) is 36.3. The molecule has 0 saturated heterocycles. The maximum Gasteiger partial charge on any atom is 0.0684 e. The average Bonchev–Trinajstić information content (AvgIpc) is 2.04. The summed E-state index contributed by atoms with van der Waals surface area (Å²) in [5, 5.41) is 10.1. The molecule has 0 aliphatic heterocycles. The Morgan fingerprint density at radius 2 is 2.42 bits per heavy atom. The van der Waals surface area contributed by atoms with Gasteiger partial charge in [-0.3, -0.25) is 0 Å². The molecule has 0 bridgehead atoms. The minimum absolute atomic E-state index is 0.416. The Bertz CT molecular complexity index is 153. The van der Waals surface area contributed by atoms with Crippen LogP contribution in [0.4, 0.5) is 0 Å². The summed E-state index contributed by atoms with van der Waals surface area (Å²) >= 11 is 0. The molecule has 1 saturated carbocycles. The van der Waals surface area contributed by atoms with E-state index in [4.69, 9.17) is 0 Å². The molecular weight excluding hydrogens is 148 g/mol. The van der Waals surface area contributed by atoms with Gasteiger partial charge in [0.05, 0.1) is 5.60 Å². The molecule has 1 fully saturated rings. The molecule has 0 heterocycles. The van der Waals surface area contributed by atoms with Gasteiger partial charge in [0.25, 0.3) is 0 Å². The zero-order valence-electron chi connectivity index (χ0n) is 8.05. The molecule has 1 N–H and O–H groups in total. The largest absolute Gasteiger partial charge is 0.390 e. The number of rotatable bonds is 3. The Balaban J connectivity index is 2.48. The highest BCUT2D eigenvalue weighted by Crippen LogP contribution is 2.36. The molecule has 2 unspecified atom stereocenters. The molecule has 0 amide bonds. The van der Waals surface area contributed by atoms with Gasteiger partial charge in [0.15, 0.2) is 0 Å². The minimum Gasteiger partial charge on any atom is -0.390 e. The van der Waals surface area contributed by atoms with Crippen LogP contribution in [-0.2, 0) is 0 Å². The van der Waals surface area contributed by atoms with Gasteiger partial charge in [0.1, 0.15) is 0 Å². The van der Waals surface area contributed by atoms with E-state index in [1.54, 1.807) is 0 Å². The van der Waals surface area contributed by atoms with Crippen molar-refractivity contribution in [2.45, 2.75) is 51.0 Å². The Morgan fingerprint density at radius 3 is 3.00 bits per heavy atom. The third-order valence-electron chi connectivity index (χ3n) is 3.02. The van der Waals surface area contributed by atoms with Crippen LogP contribution < -0.4 is 0 Å². The van der Waals surface area contributed by atoms with E-state index in [2.05, 4.69) is 13.5 Å². The Labute approximate surface area is 75.5 Å². The van der Waals surface area contributed by atoms with E-state index in [1.807, 2.05) is 6.08 Å². The fraction of sp³-hybridized carbons (Fsp3) is 0.818.